The third kappa shape index (κ3) is 4.67. The smallest absolute Gasteiger partial charge is 0.350 e. The van der Waals surface area contributed by atoms with E-state index in [9.17, 15) is 26.4 Å². The summed E-state index contributed by atoms with van der Waals surface area (Å²) in [4.78, 5) is 10.3. The van der Waals surface area contributed by atoms with Gasteiger partial charge in [-0.25, -0.2) is 22.3 Å². The fourth-order valence-corrected chi connectivity index (χ4v) is 1.73. The van der Waals surface area contributed by atoms with Crippen LogP contribution in [0.25, 0.3) is 6.08 Å². The van der Waals surface area contributed by atoms with E-state index in [4.69, 9.17) is 5.11 Å². The van der Waals surface area contributed by atoms with Gasteiger partial charge in [0.1, 0.15) is 5.82 Å². The van der Waals surface area contributed by atoms with Crippen molar-refractivity contribution < 1.29 is 31.5 Å². The molecule has 9 heteroatoms. The molecule has 0 amide bonds. The van der Waals surface area contributed by atoms with Crippen molar-refractivity contribution in [1.29, 1.82) is 0 Å². The fraction of sp³-hybridized carbons (Fsp3) is 0.182. The predicted octanol–water partition coefficient (Wildman–Crippen LogP) is 1.57. The quantitative estimate of drug-likeness (QED) is 0.781. The molecule has 0 aliphatic carbocycles. The number of sulfonamides is 1. The monoisotopic (exact) mass is 309 g/mol. The van der Waals surface area contributed by atoms with Crippen molar-refractivity contribution in [2.24, 2.45) is 0 Å². The molecule has 0 saturated carbocycles. The minimum atomic E-state index is -4.81. The highest BCUT2D eigenvalue weighted by atomic mass is 32.2. The molecule has 1 aromatic rings. The van der Waals surface area contributed by atoms with Crippen molar-refractivity contribution in [3.8, 4) is 0 Å². The number of nitrogens with one attached hydrogen (secondary N) is 1. The molecular weight excluding hydrogens is 299 g/mol. The van der Waals surface area contributed by atoms with Gasteiger partial charge in [-0.1, -0.05) is 6.07 Å². The molecular formula is C11H10F3NO4S. The van der Waals surface area contributed by atoms with Gasteiger partial charge >= 0.3 is 11.7 Å². The Kier molecular flexibility index (Phi) is 5.28. The van der Waals surface area contributed by atoms with Gasteiger partial charge in [-0.05, 0) is 23.8 Å². The van der Waals surface area contributed by atoms with Crippen molar-refractivity contribution in [1.82, 2.24) is 4.72 Å². The van der Waals surface area contributed by atoms with E-state index in [2.05, 4.69) is 0 Å². The molecule has 1 rings (SSSR count). The first-order valence-electron chi connectivity index (χ1n) is 5.18. The van der Waals surface area contributed by atoms with Crippen LogP contribution >= 0.6 is 0 Å². The van der Waals surface area contributed by atoms with Crippen LogP contribution in [0, 0.1) is 5.82 Å². The normalized spacial score (nSPS) is 12.2. The van der Waals surface area contributed by atoms with E-state index in [-0.39, 0.29) is 5.56 Å². The van der Waals surface area contributed by atoms with E-state index in [0.29, 0.717) is 5.56 Å². The van der Waals surface area contributed by atoms with Gasteiger partial charge < -0.3 is 5.11 Å². The average molecular weight is 309 g/mol. The van der Waals surface area contributed by atoms with Crippen LogP contribution in [-0.4, -0.2) is 25.3 Å². The minimum Gasteiger partial charge on any atom is -0.478 e. The van der Waals surface area contributed by atoms with Crippen LogP contribution in [0.15, 0.2) is 24.3 Å². The highest BCUT2D eigenvalue weighted by molar-refractivity contribution is 7.89. The van der Waals surface area contributed by atoms with Gasteiger partial charge in [0.25, 0.3) is 10.0 Å². The molecule has 110 valence electrons. The second kappa shape index (κ2) is 6.53. The van der Waals surface area contributed by atoms with Crippen LogP contribution in [0.1, 0.15) is 11.1 Å². The summed E-state index contributed by atoms with van der Waals surface area (Å²) in [6.07, 6.45) is 1.97. The largest absolute Gasteiger partial charge is 0.478 e. The predicted molar refractivity (Wildman–Crippen MR) is 64.8 cm³/mol. The maximum atomic E-state index is 13.4. The lowest BCUT2D eigenvalue weighted by Gasteiger charge is -2.07. The second-order valence-electron chi connectivity index (χ2n) is 3.65. The highest BCUT2D eigenvalue weighted by Crippen LogP contribution is 2.13. The summed E-state index contributed by atoms with van der Waals surface area (Å²) < 4.78 is 60.8. The third-order valence-corrected chi connectivity index (χ3v) is 3.20. The lowest BCUT2D eigenvalue weighted by Crippen LogP contribution is -2.29. The molecule has 0 bridgehead atoms. The second-order valence-corrected chi connectivity index (χ2v) is 5.38. The van der Waals surface area contributed by atoms with E-state index < -0.39 is 34.1 Å². The molecule has 0 aliphatic rings. The molecule has 1 aromatic carbocycles. The standard InChI is InChI=1S/C11H10F3NO4S/c12-9-3-1-7(2-4-10(16)17)5-8(9)6-15-20(18,19)11(13)14/h1-5,11,15H,6H2,(H,16,17). The van der Waals surface area contributed by atoms with Crippen LogP contribution in [0.3, 0.4) is 0 Å². The van der Waals surface area contributed by atoms with Crippen molar-refractivity contribution in [3.05, 3.63) is 41.2 Å². The molecule has 0 spiro atoms. The Balaban J connectivity index is 2.90. The minimum absolute atomic E-state index is 0.179. The Bertz CT molecular complexity index is 629. The molecule has 0 aliphatic heterocycles. The van der Waals surface area contributed by atoms with Gasteiger partial charge in [0.15, 0.2) is 0 Å². The number of halogens is 3. The van der Waals surface area contributed by atoms with Crippen LogP contribution in [0.5, 0.6) is 0 Å². The van der Waals surface area contributed by atoms with E-state index in [0.717, 1.165) is 24.3 Å². The van der Waals surface area contributed by atoms with Gasteiger partial charge in [-0.15, -0.1) is 0 Å². The number of carboxylic acid groups (broad SMARTS) is 1. The summed E-state index contributed by atoms with van der Waals surface area (Å²) in [5.41, 5.74) is 0.113. The summed E-state index contributed by atoms with van der Waals surface area (Å²) in [5.74, 6) is -5.62. The number of hydrogen-bond acceptors (Lipinski definition) is 3. The van der Waals surface area contributed by atoms with Crippen LogP contribution in [-0.2, 0) is 21.4 Å². The summed E-state index contributed by atoms with van der Waals surface area (Å²) in [6.45, 7) is -0.659. The Hall–Kier alpha value is -1.87. The van der Waals surface area contributed by atoms with E-state index in [1.165, 1.54) is 6.07 Å². The lowest BCUT2D eigenvalue weighted by atomic mass is 10.1. The molecule has 0 saturated heterocycles. The van der Waals surface area contributed by atoms with Gasteiger partial charge in [-0.3, -0.25) is 0 Å². The van der Waals surface area contributed by atoms with Gasteiger partial charge in [-0.2, -0.15) is 8.78 Å². The Morgan fingerprint density at radius 3 is 2.60 bits per heavy atom. The molecule has 0 unspecified atom stereocenters. The zero-order valence-corrected chi connectivity index (χ0v) is 10.7. The van der Waals surface area contributed by atoms with Crippen LogP contribution in [0.2, 0.25) is 0 Å². The molecule has 20 heavy (non-hydrogen) atoms. The molecule has 5 nitrogen and oxygen atoms in total. The third-order valence-electron chi connectivity index (χ3n) is 2.19. The SMILES string of the molecule is O=C(O)C=Cc1ccc(F)c(CNS(=O)(=O)C(F)F)c1. The number of alkyl halides is 2. The first kappa shape index (κ1) is 16.2. The van der Waals surface area contributed by atoms with Crippen molar-refractivity contribution in [2.45, 2.75) is 12.3 Å². The topological polar surface area (TPSA) is 83.5 Å². The summed E-state index contributed by atoms with van der Waals surface area (Å²) in [6, 6.07) is 3.40. The van der Waals surface area contributed by atoms with Gasteiger partial charge in [0, 0.05) is 18.2 Å². The molecule has 0 heterocycles. The van der Waals surface area contributed by atoms with Crippen LogP contribution < -0.4 is 4.72 Å². The number of carbonyl (C=O) groups is 1. The van der Waals surface area contributed by atoms with Crippen molar-refractivity contribution in [2.75, 3.05) is 0 Å². The maximum Gasteiger partial charge on any atom is 0.350 e. The molecule has 2 N–H and O–H groups in total. The van der Waals surface area contributed by atoms with Crippen LogP contribution in [0.4, 0.5) is 13.2 Å². The number of hydrogen-bond donors (Lipinski definition) is 2. The number of carboxylic acids is 1. The molecule has 0 aromatic heterocycles. The van der Waals surface area contributed by atoms with E-state index >= 15 is 0 Å². The van der Waals surface area contributed by atoms with Gasteiger partial charge in [0.05, 0.1) is 0 Å². The maximum absolute atomic E-state index is 13.4. The number of rotatable bonds is 6. The van der Waals surface area contributed by atoms with E-state index in [1.807, 2.05) is 0 Å². The Morgan fingerprint density at radius 1 is 1.40 bits per heavy atom. The number of benzene rings is 1. The molecule has 0 atom stereocenters. The molecule has 0 fully saturated rings. The first-order valence-corrected chi connectivity index (χ1v) is 6.73. The van der Waals surface area contributed by atoms with Crippen molar-refractivity contribution in [3.63, 3.8) is 0 Å². The van der Waals surface area contributed by atoms with E-state index in [1.54, 1.807) is 4.72 Å². The zero-order valence-electron chi connectivity index (χ0n) is 9.89. The van der Waals surface area contributed by atoms with Crippen molar-refractivity contribution >= 4 is 22.1 Å². The zero-order chi connectivity index (χ0) is 15.3. The Labute approximate surface area is 112 Å². The lowest BCUT2D eigenvalue weighted by molar-refractivity contribution is -0.131. The number of aliphatic carboxylic acids is 1. The summed E-state index contributed by atoms with van der Waals surface area (Å²) in [5, 5.41) is 8.43. The average Bonchev–Trinajstić information content (AvgIpc) is 2.36. The highest BCUT2D eigenvalue weighted by Gasteiger charge is 2.23. The van der Waals surface area contributed by atoms with Gasteiger partial charge in [0.2, 0.25) is 0 Å². The summed E-state index contributed by atoms with van der Waals surface area (Å²) >= 11 is 0. The summed E-state index contributed by atoms with van der Waals surface area (Å²) in [7, 11) is -4.81. The first-order chi connectivity index (χ1) is 9.22. The Morgan fingerprint density at radius 2 is 2.05 bits per heavy atom. The fourth-order valence-electron chi connectivity index (χ4n) is 1.24. The molecule has 0 radical (unpaired) electrons.